The molecule has 3 heterocycles. The number of carbonyl (C=O) groups excluding carboxylic acids is 2. The third-order valence-electron chi connectivity index (χ3n) is 4.92. The predicted octanol–water partition coefficient (Wildman–Crippen LogP) is 4.07. The summed E-state index contributed by atoms with van der Waals surface area (Å²) in [5.74, 6) is -0.409. The van der Waals surface area contributed by atoms with E-state index in [2.05, 4.69) is 25.8 Å². The maximum atomic E-state index is 12.9. The Morgan fingerprint density at radius 1 is 0.906 bits per heavy atom. The first-order chi connectivity index (χ1) is 15.7. The molecule has 5 aromatic rings. The zero-order chi connectivity index (χ0) is 21.9. The standard InChI is InChI=1S/C23H17N5O3S/c29-21(16-12-26-18-8-3-1-6-14(16)18)27-28-22(30)20-17(13-32-23-24-10-5-11-25-23)15-7-2-4-9-19(15)31-20/h1-12,26H,13H2,(H,27,29)(H,28,30). The van der Waals surface area contributed by atoms with E-state index >= 15 is 0 Å². The third-order valence-corrected chi connectivity index (χ3v) is 5.82. The summed E-state index contributed by atoms with van der Waals surface area (Å²) in [4.78, 5) is 37.0. The summed E-state index contributed by atoms with van der Waals surface area (Å²) >= 11 is 1.39. The number of H-pyrrole nitrogens is 1. The monoisotopic (exact) mass is 443 g/mol. The molecular formula is C23H17N5O3S. The molecule has 2 amide bonds. The Kier molecular flexibility index (Phi) is 5.30. The fourth-order valence-corrected chi connectivity index (χ4v) is 4.25. The molecule has 5 rings (SSSR count). The first-order valence-corrected chi connectivity index (χ1v) is 10.8. The molecule has 0 spiro atoms. The zero-order valence-corrected chi connectivity index (χ0v) is 17.5. The number of aromatic nitrogens is 3. The number of aromatic amines is 1. The fraction of sp³-hybridized carbons (Fsp3) is 0.0435. The summed E-state index contributed by atoms with van der Waals surface area (Å²) in [5.41, 5.74) is 7.50. The van der Waals surface area contributed by atoms with Gasteiger partial charge in [0.2, 0.25) is 0 Å². The first kappa shape index (κ1) is 19.8. The van der Waals surface area contributed by atoms with Crippen molar-refractivity contribution in [3.05, 3.63) is 90.1 Å². The Morgan fingerprint density at radius 2 is 1.62 bits per heavy atom. The molecule has 0 aliphatic heterocycles. The van der Waals surface area contributed by atoms with Crippen LogP contribution in [0.3, 0.4) is 0 Å². The van der Waals surface area contributed by atoms with Crippen molar-refractivity contribution >= 4 is 45.4 Å². The quantitative estimate of drug-likeness (QED) is 0.214. The molecule has 3 N–H and O–H groups in total. The van der Waals surface area contributed by atoms with E-state index in [0.29, 0.717) is 27.6 Å². The lowest BCUT2D eigenvalue weighted by atomic mass is 10.1. The Labute approximate surface area is 186 Å². The van der Waals surface area contributed by atoms with Gasteiger partial charge in [0.1, 0.15) is 5.58 Å². The molecule has 0 aliphatic carbocycles. The van der Waals surface area contributed by atoms with Crippen molar-refractivity contribution in [1.29, 1.82) is 0 Å². The minimum atomic E-state index is -0.543. The molecule has 0 radical (unpaired) electrons. The summed E-state index contributed by atoms with van der Waals surface area (Å²) in [6.45, 7) is 0. The fourth-order valence-electron chi connectivity index (χ4n) is 3.42. The third kappa shape index (κ3) is 3.81. The molecule has 8 nitrogen and oxygen atoms in total. The number of nitrogens with one attached hydrogen (secondary N) is 3. The number of thioether (sulfide) groups is 1. The highest BCUT2D eigenvalue weighted by Crippen LogP contribution is 2.31. The van der Waals surface area contributed by atoms with Crippen molar-refractivity contribution in [1.82, 2.24) is 25.8 Å². The molecule has 0 saturated heterocycles. The van der Waals surface area contributed by atoms with E-state index in [1.807, 2.05) is 42.5 Å². The van der Waals surface area contributed by atoms with Gasteiger partial charge in [0.25, 0.3) is 5.91 Å². The van der Waals surface area contributed by atoms with E-state index in [1.165, 1.54) is 11.8 Å². The Bertz CT molecular complexity index is 1430. The molecule has 0 unspecified atom stereocenters. The van der Waals surface area contributed by atoms with Crippen LogP contribution < -0.4 is 10.9 Å². The Balaban J connectivity index is 1.36. The van der Waals surface area contributed by atoms with Gasteiger partial charge in [0.05, 0.1) is 5.56 Å². The second kappa shape index (κ2) is 8.56. The maximum Gasteiger partial charge on any atom is 0.305 e. The van der Waals surface area contributed by atoms with E-state index in [-0.39, 0.29) is 5.76 Å². The van der Waals surface area contributed by atoms with E-state index in [0.717, 1.165) is 16.3 Å². The molecule has 9 heteroatoms. The van der Waals surface area contributed by atoms with Crippen molar-refractivity contribution < 1.29 is 14.0 Å². The number of benzene rings is 2. The van der Waals surface area contributed by atoms with Gasteiger partial charge in [0.15, 0.2) is 10.9 Å². The summed E-state index contributed by atoms with van der Waals surface area (Å²) in [6, 6.07) is 16.6. The Hall–Kier alpha value is -4.11. The first-order valence-electron chi connectivity index (χ1n) is 9.78. The lowest BCUT2D eigenvalue weighted by molar-refractivity contribution is 0.0832. The number of nitrogens with zero attached hydrogens (tertiary/aromatic N) is 2. The van der Waals surface area contributed by atoms with Crippen LogP contribution >= 0.6 is 11.8 Å². The van der Waals surface area contributed by atoms with Gasteiger partial charge in [0, 0.05) is 46.2 Å². The number of hydrogen-bond acceptors (Lipinski definition) is 6. The van der Waals surface area contributed by atoms with Gasteiger partial charge in [-0.05, 0) is 18.2 Å². The van der Waals surface area contributed by atoms with Crippen LogP contribution in [0.4, 0.5) is 0 Å². The average molecular weight is 443 g/mol. The molecular weight excluding hydrogens is 426 g/mol. The van der Waals surface area contributed by atoms with Gasteiger partial charge in [-0.15, -0.1) is 0 Å². The molecule has 158 valence electrons. The number of para-hydroxylation sites is 2. The highest BCUT2D eigenvalue weighted by atomic mass is 32.2. The highest BCUT2D eigenvalue weighted by molar-refractivity contribution is 7.98. The smallest absolute Gasteiger partial charge is 0.305 e. The SMILES string of the molecule is O=C(NNC(=O)c1c[nH]c2ccccc12)c1oc2ccccc2c1CSc1ncccn1. The van der Waals surface area contributed by atoms with Crippen LogP contribution in [-0.4, -0.2) is 26.8 Å². The zero-order valence-electron chi connectivity index (χ0n) is 16.7. The van der Waals surface area contributed by atoms with Gasteiger partial charge in [-0.3, -0.25) is 20.4 Å². The normalized spacial score (nSPS) is 11.0. The minimum Gasteiger partial charge on any atom is -0.451 e. The van der Waals surface area contributed by atoms with Crippen molar-refractivity contribution in [3.63, 3.8) is 0 Å². The molecule has 0 fully saturated rings. The second-order valence-corrected chi connectivity index (χ2v) is 7.82. The van der Waals surface area contributed by atoms with Crippen LogP contribution in [0.25, 0.3) is 21.9 Å². The van der Waals surface area contributed by atoms with E-state index in [9.17, 15) is 9.59 Å². The number of carbonyl (C=O) groups is 2. The molecule has 2 aromatic carbocycles. The number of hydrogen-bond donors (Lipinski definition) is 3. The van der Waals surface area contributed by atoms with Crippen molar-refractivity contribution in [3.8, 4) is 0 Å². The largest absolute Gasteiger partial charge is 0.451 e. The van der Waals surface area contributed by atoms with Gasteiger partial charge in [-0.1, -0.05) is 48.2 Å². The lowest BCUT2D eigenvalue weighted by Crippen LogP contribution is -2.41. The maximum absolute atomic E-state index is 12.9. The molecule has 0 atom stereocenters. The van der Waals surface area contributed by atoms with E-state index in [1.54, 1.807) is 30.7 Å². The number of fused-ring (bicyclic) bond motifs is 2. The minimum absolute atomic E-state index is 0.133. The number of hydrazine groups is 1. The van der Waals surface area contributed by atoms with Crippen molar-refractivity contribution in [2.45, 2.75) is 10.9 Å². The number of amides is 2. The predicted molar refractivity (Wildman–Crippen MR) is 121 cm³/mol. The molecule has 3 aromatic heterocycles. The molecule has 0 aliphatic rings. The van der Waals surface area contributed by atoms with Crippen molar-refractivity contribution in [2.75, 3.05) is 0 Å². The van der Waals surface area contributed by atoms with Crippen LogP contribution in [0, 0.1) is 0 Å². The summed E-state index contributed by atoms with van der Waals surface area (Å²) in [7, 11) is 0. The van der Waals surface area contributed by atoms with E-state index in [4.69, 9.17) is 4.42 Å². The summed E-state index contributed by atoms with van der Waals surface area (Å²) in [5, 5.41) is 2.18. The average Bonchev–Trinajstić information content (AvgIpc) is 3.43. The van der Waals surface area contributed by atoms with Crippen LogP contribution in [0.1, 0.15) is 26.5 Å². The molecule has 0 saturated carbocycles. The Morgan fingerprint density at radius 3 is 2.47 bits per heavy atom. The van der Waals surface area contributed by atoms with Gasteiger partial charge >= 0.3 is 5.91 Å². The van der Waals surface area contributed by atoms with Gasteiger partial charge in [-0.25, -0.2) is 9.97 Å². The van der Waals surface area contributed by atoms with Crippen LogP contribution in [0.2, 0.25) is 0 Å². The highest BCUT2D eigenvalue weighted by Gasteiger charge is 2.22. The van der Waals surface area contributed by atoms with Crippen LogP contribution in [-0.2, 0) is 5.75 Å². The second-order valence-electron chi connectivity index (χ2n) is 6.88. The van der Waals surface area contributed by atoms with Gasteiger partial charge < -0.3 is 9.40 Å². The molecule has 32 heavy (non-hydrogen) atoms. The van der Waals surface area contributed by atoms with Crippen LogP contribution in [0.15, 0.2) is 82.8 Å². The van der Waals surface area contributed by atoms with Gasteiger partial charge in [-0.2, -0.15) is 0 Å². The number of furan rings is 1. The summed E-state index contributed by atoms with van der Waals surface area (Å²) in [6.07, 6.45) is 4.93. The lowest BCUT2D eigenvalue weighted by Gasteiger charge is -2.07. The topological polar surface area (TPSA) is 113 Å². The molecule has 0 bridgehead atoms. The summed E-state index contributed by atoms with van der Waals surface area (Å²) < 4.78 is 5.82. The number of rotatable bonds is 5. The van der Waals surface area contributed by atoms with E-state index < -0.39 is 11.8 Å². The van der Waals surface area contributed by atoms with Crippen molar-refractivity contribution in [2.24, 2.45) is 0 Å². The van der Waals surface area contributed by atoms with Crippen LogP contribution in [0.5, 0.6) is 0 Å².